The van der Waals surface area contributed by atoms with E-state index in [-0.39, 0.29) is 36.1 Å². The second-order valence-corrected chi connectivity index (χ2v) is 6.95. The second-order valence-electron chi connectivity index (χ2n) is 6.95. The van der Waals surface area contributed by atoms with Crippen LogP contribution in [-0.4, -0.2) is 44.8 Å². The number of aromatic nitrogens is 2. The molecule has 3 rings (SSSR count). The molecule has 0 spiro atoms. The van der Waals surface area contributed by atoms with E-state index in [4.69, 9.17) is 4.84 Å². The molecule has 2 heterocycles. The van der Waals surface area contributed by atoms with Crippen molar-refractivity contribution in [1.82, 2.24) is 14.5 Å². The van der Waals surface area contributed by atoms with Crippen molar-refractivity contribution < 1.29 is 18.4 Å². The van der Waals surface area contributed by atoms with Crippen LogP contribution in [0.3, 0.4) is 0 Å². The summed E-state index contributed by atoms with van der Waals surface area (Å²) in [6.45, 7) is 2.60. The van der Waals surface area contributed by atoms with Crippen molar-refractivity contribution in [1.29, 1.82) is 0 Å². The maximum atomic E-state index is 13.5. The number of para-hydroxylation sites is 2. The first-order valence-corrected chi connectivity index (χ1v) is 9.13. The second kappa shape index (κ2) is 8.02. The van der Waals surface area contributed by atoms with Gasteiger partial charge in [0.15, 0.2) is 12.4 Å². The molecule has 2 aromatic rings. The molecule has 146 valence electrons. The van der Waals surface area contributed by atoms with Gasteiger partial charge in [-0.25, -0.2) is 4.98 Å². The minimum atomic E-state index is -2.76. The van der Waals surface area contributed by atoms with Gasteiger partial charge in [-0.1, -0.05) is 17.3 Å². The molecule has 1 aromatic carbocycles. The summed E-state index contributed by atoms with van der Waals surface area (Å²) in [4.78, 5) is 23.7. The standard InChI is InChI=1S/C19H24F2N4O2/c1-12-7-6-8-13(2)24(12)17(26)11-27-23-14(3)18-22-15-9-4-5-10-16(15)25(18)19(20)21/h4-5,9-10,12-13,19H,6-8,11H2,1-3H3/b23-14+. The summed E-state index contributed by atoms with van der Waals surface area (Å²) in [5, 5.41) is 3.87. The molecular formula is C19H24F2N4O2. The molecule has 27 heavy (non-hydrogen) atoms. The predicted octanol–water partition coefficient (Wildman–Crippen LogP) is 3.96. The van der Waals surface area contributed by atoms with Gasteiger partial charge >= 0.3 is 6.55 Å². The Morgan fingerprint density at radius 3 is 2.63 bits per heavy atom. The average molecular weight is 378 g/mol. The third-order valence-corrected chi connectivity index (χ3v) is 4.99. The number of piperidine rings is 1. The number of nitrogens with zero attached hydrogens (tertiary/aromatic N) is 4. The first kappa shape index (κ1) is 19.3. The summed E-state index contributed by atoms with van der Waals surface area (Å²) in [6, 6.07) is 6.98. The van der Waals surface area contributed by atoms with Crippen LogP contribution in [-0.2, 0) is 9.63 Å². The Balaban J connectivity index is 1.74. The molecule has 1 aromatic heterocycles. The van der Waals surface area contributed by atoms with Crippen molar-refractivity contribution in [3.63, 3.8) is 0 Å². The molecule has 0 N–H and O–H groups in total. The molecule has 1 saturated heterocycles. The normalized spacial score (nSPS) is 21.1. The molecule has 0 bridgehead atoms. The van der Waals surface area contributed by atoms with Crippen LogP contribution in [0.5, 0.6) is 0 Å². The third-order valence-electron chi connectivity index (χ3n) is 4.99. The number of rotatable bonds is 5. The number of amides is 1. The van der Waals surface area contributed by atoms with E-state index in [1.165, 1.54) is 6.92 Å². The van der Waals surface area contributed by atoms with Gasteiger partial charge in [-0.2, -0.15) is 8.78 Å². The Morgan fingerprint density at radius 2 is 1.96 bits per heavy atom. The Labute approximate surface area is 156 Å². The van der Waals surface area contributed by atoms with Crippen molar-refractivity contribution in [2.45, 2.75) is 58.7 Å². The van der Waals surface area contributed by atoms with E-state index in [1.807, 2.05) is 18.7 Å². The monoisotopic (exact) mass is 378 g/mol. The van der Waals surface area contributed by atoms with Crippen molar-refractivity contribution >= 4 is 22.7 Å². The fraction of sp³-hybridized carbons (Fsp3) is 0.526. The molecule has 2 atom stereocenters. The van der Waals surface area contributed by atoms with E-state index < -0.39 is 6.55 Å². The van der Waals surface area contributed by atoms with Crippen LogP contribution in [0.1, 0.15) is 52.4 Å². The van der Waals surface area contributed by atoms with Crippen LogP contribution in [0.4, 0.5) is 8.78 Å². The van der Waals surface area contributed by atoms with Crippen LogP contribution in [0.25, 0.3) is 11.0 Å². The average Bonchev–Trinajstić information content (AvgIpc) is 3.01. The summed E-state index contributed by atoms with van der Waals surface area (Å²) in [5.41, 5.74) is 0.970. The van der Waals surface area contributed by atoms with E-state index in [0.717, 1.165) is 23.8 Å². The highest BCUT2D eigenvalue weighted by molar-refractivity contribution is 5.98. The van der Waals surface area contributed by atoms with E-state index in [2.05, 4.69) is 10.1 Å². The summed E-state index contributed by atoms with van der Waals surface area (Å²) in [5.74, 6) is -0.119. The number of carbonyl (C=O) groups is 1. The molecule has 6 nitrogen and oxygen atoms in total. The molecule has 2 unspecified atom stereocenters. The Bertz CT molecular complexity index is 839. The van der Waals surface area contributed by atoms with E-state index in [9.17, 15) is 13.6 Å². The zero-order valence-electron chi connectivity index (χ0n) is 15.7. The van der Waals surface area contributed by atoms with Gasteiger partial charge in [0.1, 0.15) is 5.71 Å². The lowest BCUT2D eigenvalue weighted by Gasteiger charge is -2.38. The number of benzene rings is 1. The van der Waals surface area contributed by atoms with Crippen molar-refractivity contribution in [2.75, 3.05) is 6.61 Å². The first-order chi connectivity index (χ1) is 12.9. The quantitative estimate of drug-likeness (QED) is 0.584. The number of hydrogen-bond acceptors (Lipinski definition) is 4. The van der Waals surface area contributed by atoms with Gasteiger partial charge < -0.3 is 9.74 Å². The number of alkyl halides is 2. The van der Waals surface area contributed by atoms with Crippen LogP contribution < -0.4 is 0 Å². The molecular weight excluding hydrogens is 354 g/mol. The highest BCUT2D eigenvalue weighted by Gasteiger charge is 2.29. The smallest absolute Gasteiger partial charge is 0.320 e. The Hall–Kier alpha value is -2.51. The largest absolute Gasteiger partial charge is 0.385 e. The van der Waals surface area contributed by atoms with Crippen LogP contribution in [0.2, 0.25) is 0 Å². The van der Waals surface area contributed by atoms with Crippen molar-refractivity contribution in [2.24, 2.45) is 5.16 Å². The van der Waals surface area contributed by atoms with Crippen LogP contribution in [0, 0.1) is 0 Å². The number of halogens is 2. The highest BCUT2D eigenvalue weighted by Crippen LogP contribution is 2.24. The number of carbonyl (C=O) groups excluding carboxylic acids is 1. The Morgan fingerprint density at radius 1 is 1.30 bits per heavy atom. The number of oxime groups is 1. The zero-order valence-corrected chi connectivity index (χ0v) is 15.7. The van der Waals surface area contributed by atoms with Gasteiger partial charge in [-0.05, 0) is 52.2 Å². The lowest BCUT2D eigenvalue weighted by atomic mass is 9.97. The molecule has 1 aliphatic rings. The van der Waals surface area contributed by atoms with Gasteiger partial charge in [0, 0.05) is 12.1 Å². The predicted molar refractivity (Wildman–Crippen MR) is 98.8 cm³/mol. The molecule has 0 radical (unpaired) electrons. The lowest BCUT2D eigenvalue weighted by molar-refractivity contribution is -0.142. The number of imidazole rings is 1. The van der Waals surface area contributed by atoms with Gasteiger partial charge in [0.05, 0.1) is 11.0 Å². The zero-order chi connectivity index (χ0) is 19.6. The minimum absolute atomic E-state index is 0.0263. The minimum Gasteiger partial charge on any atom is -0.385 e. The third kappa shape index (κ3) is 3.94. The lowest BCUT2D eigenvalue weighted by Crippen LogP contribution is -2.48. The van der Waals surface area contributed by atoms with Crippen LogP contribution >= 0.6 is 0 Å². The van der Waals surface area contributed by atoms with Crippen molar-refractivity contribution in [3.8, 4) is 0 Å². The van der Waals surface area contributed by atoms with Crippen LogP contribution in [0.15, 0.2) is 29.4 Å². The van der Waals surface area contributed by atoms with E-state index in [0.29, 0.717) is 11.0 Å². The fourth-order valence-corrected chi connectivity index (χ4v) is 3.71. The topological polar surface area (TPSA) is 59.7 Å². The maximum Gasteiger partial charge on any atom is 0.320 e. The van der Waals surface area contributed by atoms with Gasteiger partial charge in [0.25, 0.3) is 5.91 Å². The molecule has 1 fully saturated rings. The molecule has 8 heteroatoms. The van der Waals surface area contributed by atoms with E-state index in [1.54, 1.807) is 24.3 Å². The van der Waals surface area contributed by atoms with Gasteiger partial charge in [-0.15, -0.1) is 0 Å². The fourth-order valence-electron chi connectivity index (χ4n) is 3.71. The summed E-state index contributed by atoms with van der Waals surface area (Å²) in [7, 11) is 0. The number of fused-ring (bicyclic) bond motifs is 1. The number of likely N-dealkylation sites (tertiary alicyclic amines) is 1. The molecule has 1 aliphatic heterocycles. The first-order valence-electron chi connectivity index (χ1n) is 9.13. The van der Waals surface area contributed by atoms with Crippen molar-refractivity contribution in [3.05, 3.63) is 30.1 Å². The van der Waals surface area contributed by atoms with E-state index >= 15 is 0 Å². The highest BCUT2D eigenvalue weighted by atomic mass is 19.3. The SMILES string of the molecule is C/C(=N\OCC(=O)N1C(C)CCCC1C)c1nc2ccccc2n1C(F)F. The molecule has 0 saturated carbocycles. The Kier molecular flexibility index (Phi) is 5.72. The summed E-state index contributed by atoms with van der Waals surface area (Å²) in [6.07, 6.45) is 3.04. The molecule has 0 aliphatic carbocycles. The van der Waals surface area contributed by atoms with Gasteiger partial charge in [0.2, 0.25) is 0 Å². The summed E-state index contributed by atoms with van der Waals surface area (Å²) < 4.78 is 27.8. The number of hydrogen-bond donors (Lipinski definition) is 0. The maximum absolute atomic E-state index is 13.5. The summed E-state index contributed by atoms with van der Waals surface area (Å²) >= 11 is 0. The van der Waals surface area contributed by atoms with Gasteiger partial charge in [-0.3, -0.25) is 9.36 Å². The molecule has 1 amide bonds.